The third kappa shape index (κ3) is 2.05. The number of carboxylic acid groups (broad SMARTS) is 1. The third-order valence-electron chi connectivity index (χ3n) is 5.48. The van der Waals surface area contributed by atoms with Crippen molar-refractivity contribution in [3.63, 3.8) is 0 Å². The van der Waals surface area contributed by atoms with Crippen LogP contribution in [-0.4, -0.2) is 59.6 Å². The summed E-state index contributed by atoms with van der Waals surface area (Å²) in [5.74, 6) is 0.228. The van der Waals surface area contributed by atoms with Gasteiger partial charge in [-0.05, 0) is 64.7 Å². The van der Waals surface area contributed by atoms with E-state index in [1.165, 1.54) is 32.5 Å². The molecule has 0 spiro atoms. The molecule has 102 valence electrons. The maximum Gasteiger partial charge on any atom is 0.309 e. The zero-order valence-corrected chi connectivity index (χ0v) is 11.3. The van der Waals surface area contributed by atoms with E-state index in [0.717, 1.165) is 37.9 Å². The first-order valence-electron chi connectivity index (χ1n) is 7.28. The highest BCUT2D eigenvalue weighted by Gasteiger charge is 2.42. The van der Waals surface area contributed by atoms with E-state index in [1.807, 2.05) is 6.92 Å². The van der Waals surface area contributed by atoms with Crippen LogP contribution in [0.4, 0.5) is 0 Å². The Morgan fingerprint density at radius 3 is 2.50 bits per heavy atom. The Kier molecular flexibility index (Phi) is 3.10. The van der Waals surface area contributed by atoms with Gasteiger partial charge < -0.3 is 10.0 Å². The molecule has 3 saturated heterocycles. The summed E-state index contributed by atoms with van der Waals surface area (Å²) in [7, 11) is 0. The Labute approximate surface area is 109 Å². The molecule has 2 bridgehead atoms. The van der Waals surface area contributed by atoms with Crippen molar-refractivity contribution < 1.29 is 9.90 Å². The third-order valence-corrected chi connectivity index (χ3v) is 5.48. The normalized spacial score (nSPS) is 39.7. The lowest BCUT2D eigenvalue weighted by molar-refractivity contribution is -0.151. The molecule has 0 radical (unpaired) electrons. The van der Waals surface area contributed by atoms with E-state index in [1.54, 1.807) is 0 Å². The molecule has 4 heteroatoms. The molecular formula is C14H24N2O2. The number of rotatable bonds is 2. The topological polar surface area (TPSA) is 43.8 Å². The van der Waals surface area contributed by atoms with Crippen LogP contribution in [0.5, 0.6) is 0 Å². The van der Waals surface area contributed by atoms with Gasteiger partial charge in [-0.2, -0.15) is 0 Å². The second-order valence-electron chi connectivity index (χ2n) is 6.61. The SMILES string of the molecule is CC1(C(=O)O)CCN(C2CCN3CCC2C3)CC1. The molecule has 1 N–H and O–H groups in total. The van der Waals surface area contributed by atoms with Gasteiger partial charge in [-0.15, -0.1) is 0 Å². The van der Waals surface area contributed by atoms with Gasteiger partial charge in [0.25, 0.3) is 0 Å². The summed E-state index contributed by atoms with van der Waals surface area (Å²) in [6.45, 7) is 7.66. The Morgan fingerprint density at radius 1 is 1.17 bits per heavy atom. The monoisotopic (exact) mass is 252 g/mol. The highest BCUT2D eigenvalue weighted by atomic mass is 16.4. The lowest BCUT2D eigenvalue weighted by Crippen LogP contribution is -2.52. The molecule has 4 nitrogen and oxygen atoms in total. The maximum absolute atomic E-state index is 11.3. The minimum atomic E-state index is -0.613. The number of fused-ring (bicyclic) bond motifs is 2. The lowest BCUT2D eigenvalue weighted by Gasteiger charge is -2.44. The van der Waals surface area contributed by atoms with Crippen molar-refractivity contribution in [3.8, 4) is 0 Å². The first kappa shape index (κ1) is 12.4. The highest BCUT2D eigenvalue weighted by Crippen LogP contribution is 2.36. The summed E-state index contributed by atoms with van der Waals surface area (Å²) in [6.07, 6.45) is 4.26. The number of aliphatic carboxylic acids is 1. The molecule has 3 aliphatic heterocycles. The fraction of sp³-hybridized carbons (Fsp3) is 0.929. The predicted molar refractivity (Wildman–Crippen MR) is 69.5 cm³/mol. The van der Waals surface area contributed by atoms with Gasteiger partial charge in [0.05, 0.1) is 5.41 Å². The molecule has 0 aromatic heterocycles. The van der Waals surface area contributed by atoms with Crippen molar-refractivity contribution in [1.29, 1.82) is 0 Å². The first-order chi connectivity index (χ1) is 8.58. The van der Waals surface area contributed by atoms with Crippen LogP contribution < -0.4 is 0 Å². The Bertz CT molecular complexity index is 337. The average molecular weight is 252 g/mol. The van der Waals surface area contributed by atoms with Gasteiger partial charge in [-0.3, -0.25) is 9.69 Å². The van der Waals surface area contributed by atoms with E-state index < -0.39 is 11.4 Å². The van der Waals surface area contributed by atoms with Gasteiger partial charge in [0.1, 0.15) is 0 Å². The lowest BCUT2D eigenvalue weighted by atomic mass is 9.79. The van der Waals surface area contributed by atoms with Crippen LogP contribution in [0.3, 0.4) is 0 Å². The molecule has 3 fully saturated rings. The Morgan fingerprint density at radius 2 is 1.83 bits per heavy atom. The predicted octanol–water partition coefficient (Wildman–Crippen LogP) is 1.27. The van der Waals surface area contributed by atoms with Crippen molar-refractivity contribution in [3.05, 3.63) is 0 Å². The standard InChI is InChI=1S/C14H24N2O2/c1-14(13(17)18)4-8-16(9-5-14)12-3-7-15-6-2-11(12)10-15/h11-12H,2-10H2,1H3,(H,17,18). The summed E-state index contributed by atoms with van der Waals surface area (Å²) in [5, 5.41) is 9.27. The van der Waals surface area contributed by atoms with Crippen LogP contribution in [0.2, 0.25) is 0 Å². The number of carbonyl (C=O) groups is 1. The smallest absolute Gasteiger partial charge is 0.309 e. The summed E-state index contributed by atoms with van der Waals surface area (Å²) in [4.78, 5) is 16.4. The average Bonchev–Trinajstić information content (AvgIpc) is 2.73. The van der Waals surface area contributed by atoms with E-state index in [9.17, 15) is 9.90 Å². The van der Waals surface area contributed by atoms with E-state index >= 15 is 0 Å². The van der Waals surface area contributed by atoms with Gasteiger partial charge in [0, 0.05) is 12.6 Å². The maximum atomic E-state index is 11.3. The van der Waals surface area contributed by atoms with Crippen LogP contribution in [-0.2, 0) is 4.79 Å². The van der Waals surface area contributed by atoms with Crippen molar-refractivity contribution in [1.82, 2.24) is 9.80 Å². The van der Waals surface area contributed by atoms with E-state index in [-0.39, 0.29) is 0 Å². The number of nitrogens with zero attached hydrogens (tertiary/aromatic N) is 2. The van der Waals surface area contributed by atoms with Crippen LogP contribution in [0, 0.1) is 11.3 Å². The molecule has 18 heavy (non-hydrogen) atoms. The van der Waals surface area contributed by atoms with E-state index in [0.29, 0.717) is 0 Å². The number of carboxylic acids is 1. The van der Waals surface area contributed by atoms with Crippen molar-refractivity contribution in [2.75, 3.05) is 32.7 Å². The van der Waals surface area contributed by atoms with Gasteiger partial charge in [-0.1, -0.05) is 0 Å². The molecule has 3 atom stereocenters. The largest absolute Gasteiger partial charge is 0.481 e. The second kappa shape index (κ2) is 4.49. The zero-order chi connectivity index (χ0) is 12.8. The molecule has 0 aromatic carbocycles. The molecule has 3 rings (SSSR count). The molecule has 0 saturated carbocycles. The molecule has 0 aliphatic carbocycles. The van der Waals surface area contributed by atoms with Crippen molar-refractivity contribution in [2.45, 2.75) is 38.6 Å². The molecule has 0 amide bonds. The minimum absolute atomic E-state index is 0.479. The summed E-state index contributed by atoms with van der Waals surface area (Å²) < 4.78 is 0. The quantitative estimate of drug-likeness (QED) is 0.804. The molecule has 3 unspecified atom stereocenters. The van der Waals surface area contributed by atoms with E-state index in [2.05, 4.69) is 9.80 Å². The fourth-order valence-corrected chi connectivity index (χ4v) is 3.97. The number of hydrogen-bond acceptors (Lipinski definition) is 3. The van der Waals surface area contributed by atoms with Gasteiger partial charge in [0.2, 0.25) is 0 Å². The van der Waals surface area contributed by atoms with Crippen LogP contribution in [0.1, 0.15) is 32.6 Å². The van der Waals surface area contributed by atoms with Crippen LogP contribution in [0.25, 0.3) is 0 Å². The zero-order valence-electron chi connectivity index (χ0n) is 11.3. The molecule has 3 aliphatic rings. The summed E-state index contributed by atoms with van der Waals surface area (Å²) in [6, 6.07) is 0.724. The number of piperidine rings is 2. The second-order valence-corrected chi connectivity index (χ2v) is 6.61. The number of likely N-dealkylation sites (tertiary alicyclic amines) is 1. The number of hydrogen-bond donors (Lipinski definition) is 1. The van der Waals surface area contributed by atoms with E-state index in [4.69, 9.17) is 0 Å². The Hall–Kier alpha value is -0.610. The molecular weight excluding hydrogens is 228 g/mol. The van der Waals surface area contributed by atoms with Gasteiger partial charge in [-0.25, -0.2) is 0 Å². The minimum Gasteiger partial charge on any atom is -0.481 e. The molecule has 0 aromatic rings. The van der Waals surface area contributed by atoms with Crippen LogP contribution in [0.15, 0.2) is 0 Å². The Balaban J connectivity index is 1.61. The fourth-order valence-electron chi connectivity index (χ4n) is 3.97. The van der Waals surface area contributed by atoms with Crippen molar-refractivity contribution >= 4 is 5.97 Å². The van der Waals surface area contributed by atoms with Crippen molar-refractivity contribution in [2.24, 2.45) is 11.3 Å². The van der Waals surface area contributed by atoms with Gasteiger partial charge in [0.15, 0.2) is 0 Å². The summed E-state index contributed by atoms with van der Waals surface area (Å²) in [5.41, 5.74) is -0.479. The molecule has 3 heterocycles. The van der Waals surface area contributed by atoms with Gasteiger partial charge >= 0.3 is 5.97 Å². The summed E-state index contributed by atoms with van der Waals surface area (Å²) >= 11 is 0. The first-order valence-corrected chi connectivity index (χ1v) is 7.28. The highest BCUT2D eigenvalue weighted by molar-refractivity contribution is 5.74. The van der Waals surface area contributed by atoms with Crippen LogP contribution >= 0.6 is 0 Å².